The molecule has 0 radical (unpaired) electrons. The summed E-state index contributed by atoms with van der Waals surface area (Å²) >= 11 is 0. The van der Waals surface area contributed by atoms with Crippen LogP contribution >= 0.6 is 0 Å². The molecule has 0 unspecified atom stereocenters. The second kappa shape index (κ2) is 6.53. The molecule has 0 saturated carbocycles. The number of likely N-dealkylation sites (tertiary alicyclic amines) is 1. The molecule has 1 amide bonds. The van der Waals surface area contributed by atoms with E-state index in [9.17, 15) is 17.6 Å². The topological polar surface area (TPSA) is 57.7 Å². The molecule has 21 heavy (non-hydrogen) atoms. The van der Waals surface area contributed by atoms with Crippen molar-refractivity contribution in [1.82, 2.24) is 9.21 Å². The Morgan fingerprint density at radius 2 is 1.76 bits per heavy atom. The number of hydrogen-bond donors (Lipinski definition) is 0. The van der Waals surface area contributed by atoms with Gasteiger partial charge >= 0.3 is 0 Å². The smallest absolute Gasteiger partial charge is 0.243 e. The summed E-state index contributed by atoms with van der Waals surface area (Å²) in [6.45, 7) is 1.17. The Labute approximate surface area is 124 Å². The average molecular weight is 314 g/mol. The molecule has 1 heterocycles. The first-order valence-corrected chi connectivity index (χ1v) is 8.35. The molecule has 0 bridgehead atoms. The molecular weight excluding hydrogens is 295 g/mol. The third-order valence-electron chi connectivity index (χ3n) is 3.59. The molecule has 0 atom stereocenters. The van der Waals surface area contributed by atoms with Crippen molar-refractivity contribution in [3.63, 3.8) is 0 Å². The number of halogens is 1. The quantitative estimate of drug-likeness (QED) is 0.845. The highest BCUT2D eigenvalue weighted by atomic mass is 32.2. The van der Waals surface area contributed by atoms with Gasteiger partial charge in [0.15, 0.2) is 0 Å². The molecule has 2 rings (SSSR count). The summed E-state index contributed by atoms with van der Waals surface area (Å²) in [5.41, 5.74) is 0. The van der Waals surface area contributed by atoms with E-state index >= 15 is 0 Å². The lowest BCUT2D eigenvalue weighted by atomic mass is 10.1. The van der Waals surface area contributed by atoms with Gasteiger partial charge in [-0.2, -0.15) is 4.31 Å². The fourth-order valence-corrected chi connectivity index (χ4v) is 3.43. The Balaban J connectivity index is 2.06. The normalized spacial score (nSPS) is 16.2. The zero-order valence-electron chi connectivity index (χ0n) is 12.0. The summed E-state index contributed by atoms with van der Waals surface area (Å²) in [5, 5.41) is 0. The van der Waals surface area contributed by atoms with E-state index in [0.717, 1.165) is 35.7 Å². The lowest BCUT2D eigenvalue weighted by molar-refractivity contribution is -0.132. The highest BCUT2D eigenvalue weighted by molar-refractivity contribution is 7.89. The lowest BCUT2D eigenvalue weighted by Gasteiger charge is -2.28. The summed E-state index contributed by atoms with van der Waals surface area (Å²) in [6, 6.07) is 4.58. The maximum absolute atomic E-state index is 12.9. The van der Waals surface area contributed by atoms with Gasteiger partial charge in [0.1, 0.15) is 5.82 Å². The molecular formula is C14H19FN2O3S. The first kappa shape index (κ1) is 15.9. The molecule has 5 nitrogen and oxygen atoms in total. The predicted octanol–water partition coefficient (Wildman–Crippen LogP) is 1.46. The van der Waals surface area contributed by atoms with Gasteiger partial charge < -0.3 is 4.90 Å². The maximum Gasteiger partial charge on any atom is 0.243 e. The van der Waals surface area contributed by atoms with Crippen LogP contribution in [0.4, 0.5) is 4.39 Å². The molecule has 1 aromatic carbocycles. The fourth-order valence-electron chi connectivity index (χ4n) is 2.31. The second-order valence-corrected chi connectivity index (χ2v) is 7.20. The molecule has 0 aromatic heterocycles. The Morgan fingerprint density at radius 1 is 1.19 bits per heavy atom. The van der Waals surface area contributed by atoms with E-state index in [2.05, 4.69) is 0 Å². The highest BCUT2D eigenvalue weighted by Crippen LogP contribution is 2.16. The van der Waals surface area contributed by atoms with Crippen LogP contribution in [0.15, 0.2) is 29.2 Å². The molecule has 0 aliphatic carbocycles. The molecule has 0 N–H and O–H groups in total. The van der Waals surface area contributed by atoms with Crippen LogP contribution < -0.4 is 0 Å². The van der Waals surface area contributed by atoms with E-state index in [4.69, 9.17) is 0 Å². The Kier molecular flexibility index (Phi) is 4.95. The summed E-state index contributed by atoms with van der Waals surface area (Å²) in [4.78, 5) is 13.8. The second-order valence-electron chi connectivity index (χ2n) is 5.16. The van der Waals surface area contributed by atoms with Gasteiger partial charge in [-0.25, -0.2) is 12.8 Å². The third kappa shape index (κ3) is 3.79. The van der Waals surface area contributed by atoms with Crippen molar-refractivity contribution in [1.29, 1.82) is 0 Å². The molecule has 1 aliphatic rings. The molecule has 1 fully saturated rings. The Hall–Kier alpha value is -1.47. The number of rotatable bonds is 4. The number of carbonyl (C=O) groups is 1. The first-order chi connectivity index (χ1) is 9.91. The van der Waals surface area contributed by atoms with Crippen molar-refractivity contribution >= 4 is 15.9 Å². The van der Waals surface area contributed by atoms with Crippen molar-refractivity contribution in [2.45, 2.75) is 24.2 Å². The van der Waals surface area contributed by atoms with E-state index < -0.39 is 15.8 Å². The van der Waals surface area contributed by atoms with Gasteiger partial charge in [0, 0.05) is 20.1 Å². The van der Waals surface area contributed by atoms with Gasteiger partial charge in [-0.1, -0.05) is 0 Å². The molecule has 1 saturated heterocycles. The van der Waals surface area contributed by atoms with Crippen LogP contribution in [0.2, 0.25) is 0 Å². The zero-order valence-corrected chi connectivity index (χ0v) is 12.8. The van der Waals surface area contributed by atoms with E-state index in [1.807, 2.05) is 0 Å². The standard InChI is InChI=1S/C14H19FN2O3S/c1-16(11-14(18)17-9-3-2-4-10-17)21(19,20)13-7-5-12(15)6-8-13/h5-8H,2-4,9-11H2,1H3. The Bertz CT molecular complexity index is 595. The van der Waals surface area contributed by atoms with Crippen molar-refractivity contribution < 1.29 is 17.6 Å². The van der Waals surface area contributed by atoms with E-state index in [0.29, 0.717) is 13.1 Å². The van der Waals surface area contributed by atoms with Gasteiger partial charge in [-0.3, -0.25) is 4.79 Å². The first-order valence-electron chi connectivity index (χ1n) is 6.91. The number of benzene rings is 1. The van der Waals surface area contributed by atoms with Crippen LogP contribution in [0, 0.1) is 5.82 Å². The Morgan fingerprint density at radius 3 is 2.33 bits per heavy atom. The minimum absolute atomic E-state index is 0.0159. The highest BCUT2D eigenvalue weighted by Gasteiger charge is 2.25. The van der Waals surface area contributed by atoms with Gasteiger partial charge in [-0.15, -0.1) is 0 Å². The zero-order chi connectivity index (χ0) is 15.5. The number of amides is 1. The van der Waals surface area contributed by atoms with Crippen LogP contribution in [0.5, 0.6) is 0 Å². The summed E-state index contributed by atoms with van der Waals surface area (Å²) in [5.74, 6) is -0.691. The lowest BCUT2D eigenvalue weighted by Crippen LogP contribution is -2.43. The molecule has 0 spiro atoms. The van der Waals surface area contributed by atoms with Gasteiger partial charge in [0.2, 0.25) is 15.9 Å². The van der Waals surface area contributed by atoms with E-state index in [1.165, 1.54) is 19.2 Å². The minimum atomic E-state index is -3.77. The van der Waals surface area contributed by atoms with Crippen LogP contribution in [0.3, 0.4) is 0 Å². The number of nitrogens with zero attached hydrogens (tertiary/aromatic N) is 2. The van der Waals surface area contributed by atoms with Crippen LogP contribution in [0.1, 0.15) is 19.3 Å². The third-order valence-corrected chi connectivity index (χ3v) is 5.41. The summed E-state index contributed by atoms with van der Waals surface area (Å²) in [6.07, 6.45) is 3.02. The monoisotopic (exact) mass is 314 g/mol. The molecule has 1 aromatic rings. The van der Waals surface area contributed by atoms with Gasteiger partial charge in [0.05, 0.1) is 11.4 Å². The van der Waals surface area contributed by atoms with Crippen molar-refractivity contribution in [2.24, 2.45) is 0 Å². The van der Waals surface area contributed by atoms with Crippen LogP contribution in [0.25, 0.3) is 0 Å². The molecule has 1 aliphatic heterocycles. The predicted molar refractivity (Wildman–Crippen MR) is 76.6 cm³/mol. The van der Waals surface area contributed by atoms with Gasteiger partial charge in [0.25, 0.3) is 0 Å². The van der Waals surface area contributed by atoms with Crippen LogP contribution in [-0.4, -0.2) is 50.2 Å². The fraction of sp³-hybridized carbons (Fsp3) is 0.500. The maximum atomic E-state index is 12.9. The number of sulfonamides is 1. The van der Waals surface area contributed by atoms with Crippen molar-refractivity contribution in [2.75, 3.05) is 26.7 Å². The van der Waals surface area contributed by atoms with E-state index in [-0.39, 0.29) is 17.3 Å². The number of hydrogen-bond acceptors (Lipinski definition) is 3. The number of piperidine rings is 1. The van der Waals surface area contributed by atoms with Crippen LogP contribution in [-0.2, 0) is 14.8 Å². The molecule has 116 valence electrons. The minimum Gasteiger partial charge on any atom is -0.342 e. The molecule has 7 heteroatoms. The number of carbonyl (C=O) groups excluding carboxylic acids is 1. The van der Waals surface area contributed by atoms with Crippen molar-refractivity contribution in [3.8, 4) is 0 Å². The number of likely N-dealkylation sites (N-methyl/N-ethyl adjacent to an activating group) is 1. The largest absolute Gasteiger partial charge is 0.342 e. The van der Waals surface area contributed by atoms with E-state index in [1.54, 1.807) is 4.90 Å². The SMILES string of the molecule is CN(CC(=O)N1CCCCC1)S(=O)(=O)c1ccc(F)cc1. The summed E-state index contributed by atoms with van der Waals surface area (Å²) in [7, 11) is -2.41. The van der Waals surface area contributed by atoms with Gasteiger partial charge in [-0.05, 0) is 43.5 Å². The summed E-state index contributed by atoms with van der Waals surface area (Å²) < 4.78 is 38.5. The average Bonchev–Trinajstić information content (AvgIpc) is 2.48. The van der Waals surface area contributed by atoms with Crippen molar-refractivity contribution in [3.05, 3.63) is 30.1 Å².